The first-order valence-electron chi connectivity index (χ1n) is 10.6. The number of benzene rings is 2. The lowest BCUT2D eigenvalue weighted by Crippen LogP contribution is -2.50. The van der Waals surface area contributed by atoms with Crippen molar-refractivity contribution in [3.8, 4) is 0 Å². The van der Waals surface area contributed by atoms with Gasteiger partial charge in [-0.15, -0.1) is 0 Å². The summed E-state index contributed by atoms with van der Waals surface area (Å²) in [5.41, 5.74) is 2.73. The zero-order valence-corrected chi connectivity index (χ0v) is 18.2. The molecule has 6 nitrogen and oxygen atoms in total. The number of anilines is 1. The van der Waals surface area contributed by atoms with E-state index in [1.165, 1.54) is 0 Å². The average molecular weight is 409 g/mol. The Bertz CT molecular complexity index is 847. The van der Waals surface area contributed by atoms with Gasteiger partial charge >= 0.3 is 0 Å². The van der Waals surface area contributed by atoms with Gasteiger partial charge in [0.2, 0.25) is 5.91 Å². The maximum atomic E-state index is 13.4. The minimum atomic E-state index is -0.107. The normalized spacial score (nSPS) is 14.8. The largest absolute Gasteiger partial charge is 0.378 e. The molecule has 0 radical (unpaired) electrons. The van der Waals surface area contributed by atoms with Crippen LogP contribution in [0.15, 0.2) is 54.6 Å². The second kappa shape index (κ2) is 10.3. The molecule has 6 heteroatoms. The maximum absolute atomic E-state index is 13.4. The monoisotopic (exact) mass is 408 g/mol. The Kier molecular flexibility index (Phi) is 7.46. The summed E-state index contributed by atoms with van der Waals surface area (Å²) in [6.07, 6.45) is 0. The van der Waals surface area contributed by atoms with Gasteiger partial charge in [-0.2, -0.15) is 0 Å². The summed E-state index contributed by atoms with van der Waals surface area (Å²) in [4.78, 5) is 31.9. The van der Waals surface area contributed by atoms with Crippen molar-refractivity contribution in [3.63, 3.8) is 0 Å². The van der Waals surface area contributed by atoms with Crippen LogP contribution in [0.2, 0.25) is 0 Å². The lowest BCUT2D eigenvalue weighted by atomic mass is 10.00. The molecule has 0 saturated carbocycles. The molecule has 1 N–H and O–H groups in total. The molecule has 30 heavy (non-hydrogen) atoms. The maximum Gasteiger partial charge on any atom is 0.254 e. The number of amides is 2. The van der Waals surface area contributed by atoms with Gasteiger partial charge in [-0.1, -0.05) is 43.3 Å². The highest BCUT2D eigenvalue weighted by molar-refractivity contribution is 5.97. The molecule has 1 aliphatic rings. The number of hydrogen-bond acceptors (Lipinski definition) is 4. The third-order valence-corrected chi connectivity index (χ3v) is 5.56. The first-order chi connectivity index (χ1) is 14.5. The molecular formula is C24H32N4O2. The van der Waals surface area contributed by atoms with E-state index in [9.17, 15) is 9.59 Å². The van der Waals surface area contributed by atoms with Gasteiger partial charge in [0.15, 0.2) is 0 Å². The summed E-state index contributed by atoms with van der Waals surface area (Å²) < 4.78 is 0. The quantitative estimate of drug-likeness (QED) is 0.765. The standard InChI is InChI=1S/C24H32N4O2/c1-19(20-8-5-4-6-9-20)17-28(18-23(29)27-14-12-25-13-15-27)24(30)21-10-7-11-22(16-21)26(2)3/h4-11,16,19,25H,12-15,17-18H2,1-3H3. The van der Waals surface area contributed by atoms with Crippen molar-refractivity contribution in [2.45, 2.75) is 12.8 Å². The van der Waals surface area contributed by atoms with Gasteiger partial charge in [0.05, 0.1) is 0 Å². The second-order valence-electron chi connectivity index (χ2n) is 8.07. The second-order valence-corrected chi connectivity index (χ2v) is 8.07. The summed E-state index contributed by atoms with van der Waals surface area (Å²) in [5.74, 6) is 0.0295. The van der Waals surface area contributed by atoms with Gasteiger partial charge in [0.25, 0.3) is 5.91 Å². The van der Waals surface area contributed by atoms with Gasteiger partial charge in [-0.3, -0.25) is 9.59 Å². The lowest BCUT2D eigenvalue weighted by Gasteiger charge is -2.31. The number of rotatable bonds is 7. The number of nitrogens with one attached hydrogen (secondary N) is 1. The SMILES string of the molecule is CC(CN(CC(=O)N1CCNCC1)C(=O)c1cccc(N(C)C)c1)c1ccccc1. The molecule has 0 spiro atoms. The third-order valence-electron chi connectivity index (χ3n) is 5.56. The van der Waals surface area contributed by atoms with Crippen molar-refractivity contribution in [2.24, 2.45) is 0 Å². The van der Waals surface area contributed by atoms with E-state index in [-0.39, 0.29) is 24.3 Å². The Morgan fingerprint density at radius 3 is 2.40 bits per heavy atom. The molecule has 2 aromatic carbocycles. The molecule has 2 aromatic rings. The van der Waals surface area contributed by atoms with Crippen LogP contribution >= 0.6 is 0 Å². The van der Waals surface area contributed by atoms with Crippen LogP contribution in [-0.2, 0) is 4.79 Å². The fourth-order valence-electron chi connectivity index (χ4n) is 3.71. The summed E-state index contributed by atoms with van der Waals surface area (Å²) in [7, 11) is 3.90. The van der Waals surface area contributed by atoms with E-state index in [0.717, 1.165) is 24.3 Å². The summed E-state index contributed by atoms with van der Waals surface area (Å²) in [6, 6.07) is 17.7. The predicted molar refractivity (Wildman–Crippen MR) is 121 cm³/mol. The van der Waals surface area contributed by atoms with Crippen LogP contribution in [0.25, 0.3) is 0 Å². The fourth-order valence-corrected chi connectivity index (χ4v) is 3.71. The number of piperazine rings is 1. The molecule has 1 fully saturated rings. The zero-order valence-electron chi connectivity index (χ0n) is 18.2. The van der Waals surface area contributed by atoms with Crippen molar-refractivity contribution >= 4 is 17.5 Å². The van der Waals surface area contributed by atoms with Crippen LogP contribution in [0, 0.1) is 0 Å². The summed E-state index contributed by atoms with van der Waals surface area (Å²) >= 11 is 0. The van der Waals surface area contributed by atoms with Crippen LogP contribution in [0.1, 0.15) is 28.8 Å². The highest BCUT2D eigenvalue weighted by atomic mass is 16.2. The summed E-state index contributed by atoms with van der Waals surface area (Å²) in [6.45, 7) is 5.66. The number of carbonyl (C=O) groups is 2. The minimum Gasteiger partial charge on any atom is -0.378 e. The Hall–Kier alpha value is -2.86. The van der Waals surface area contributed by atoms with Gasteiger partial charge in [-0.25, -0.2) is 0 Å². The van der Waals surface area contributed by atoms with Gasteiger partial charge in [0, 0.05) is 58.1 Å². The van der Waals surface area contributed by atoms with Crippen molar-refractivity contribution in [1.29, 1.82) is 0 Å². The van der Waals surface area contributed by atoms with Crippen LogP contribution in [-0.4, -0.2) is 75.0 Å². The van der Waals surface area contributed by atoms with E-state index in [2.05, 4.69) is 24.4 Å². The molecule has 1 saturated heterocycles. The molecule has 1 unspecified atom stereocenters. The fraction of sp³-hybridized carbons (Fsp3) is 0.417. The van der Waals surface area contributed by atoms with E-state index >= 15 is 0 Å². The van der Waals surface area contributed by atoms with E-state index in [0.29, 0.717) is 25.2 Å². The zero-order chi connectivity index (χ0) is 21.5. The molecule has 0 aromatic heterocycles. The Balaban J connectivity index is 1.81. The molecule has 1 heterocycles. The Morgan fingerprint density at radius 1 is 1.03 bits per heavy atom. The van der Waals surface area contributed by atoms with E-state index < -0.39 is 0 Å². The Morgan fingerprint density at radius 2 is 1.73 bits per heavy atom. The molecule has 0 aliphatic carbocycles. The molecule has 3 rings (SSSR count). The van der Waals surface area contributed by atoms with Crippen LogP contribution in [0.5, 0.6) is 0 Å². The van der Waals surface area contributed by atoms with Crippen molar-refractivity contribution in [3.05, 3.63) is 65.7 Å². The van der Waals surface area contributed by atoms with Crippen LogP contribution in [0.4, 0.5) is 5.69 Å². The highest BCUT2D eigenvalue weighted by Crippen LogP contribution is 2.20. The molecule has 1 aliphatic heterocycles. The predicted octanol–water partition coefficient (Wildman–Crippen LogP) is 2.43. The highest BCUT2D eigenvalue weighted by Gasteiger charge is 2.25. The van der Waals surface area contributed by atoms with E-state index in [1.54, 1.807) is 4.90 Å². The van der Waals surface area contributed by atoms with E-state index in [1.807, 2.05) is 66.4 Å². The molecule has 160 valence electrons. The van der Waals surface area contributed by atoms with Crippen molar-refractivity contribution in [1.82, 2.24) is 15.1 Å². The third kappa shape index (κ3) is 5.60. The van der Waals surface area contributed by atoms with Crippen LogP contribution < -0.4 is 10.2 Å². The van der Waals surface area contributed by atoms with Crippen LogP contribution in [0.3, 0.4) is 0 Å². The summed E-state index contributed by atoms with van der Waals surface area (Å²) in [5, 5.41) is 3.26. The molecule has 2 amide bonds. The first-order valence-corrected chi connectivity index (χ1v) is 10.6. The Labute approximate surface area is 179 Å². The van der Waals surface area contributed by atoms with Gasteiger partial charge in [0.1, 0.15) is 6.54 Å². The van der Waals surface area contributed by atoms with Gasteiger partial charge in [-0.05, 0) is 29.7 Å². The van der Waals surface area contributed by atoms with E-state index in [4.69, 9.17) is 0 Å². The minimum absolute atomic E-state index is 0.00822. The average Bonchev–Trinajstić information content (AvgIpc) is 2.79. The lowest BCUT2D eigenvalue weighted by molar-refractivity contribution is -0.132. The number of nitrogens with zero attached hydrogens (tertiary/aromatic N) is 3. The molecule has 0 bridgehead atoms. The molecule has 1 atom stereocenters. The van der Waals surface area contributed by atoms with Crippen molar-refractivity contribution in [2.75, 3.05) is 58.3 Å². The van der Waals surface area contributed by atoms with Gasteiger partial charge < -0.3 is 20.0 Å². The number of carbonyl (C=O) groups excluding carboxylic acids is 2. The topological polar surface area (TPSA) is 55.9 Å². The number of hydrogen-bond donors (Lipinski definition) is 1. The first kappa shape index (κ1) is 21.8. The van der Waals surface area contributed by atoms with Crippen molar-refractivity contribution < 1.29 is 9.59 Å². The smallest absolute Gasteiger partial charge is 0.254 e. The molecular weight excluding hydrogens is 376 g/mol.